The second-order valence-corrected chi connectivity index (χ2v) is 9.66. The van der Waals surface area contributed by atoms with Crippen LogP contribution in [0.1, 0.15) is 20.7 Å². The Balaban J connectivity index is 0.00000106. The van der Waals surface area contributed by atoms with Crippen LogP contribution in [0.4, 0.5) is 10.1 Å². The largest absolute Gasteiger partial charge is 0.455 e. The van der Waals surface area contributed by atoms with E-state index in [1.54, 1.807) is 31.4 Å². The molecule has 9 nitrogen and oxygen atoms in total. The van der Waals surface area contributed by atoms with Crippen LogP contribution in [0.25, 0.3) is 55.7 Å². The van der Waals surface area contributed by atoms with E-state index in [1.807, 2.05) is 75.0 Å². The highest BCUT2D eigenvalue weighted by atomic mass is 19.1. The van der Waals surface area contributed by atoms with Crippen molar-refractivity contribution < 1.29 is 28.0 Å². The van der Waals surface area contributed by atoms with Gasteiger partial charge in [0.05, 0.1) is 11.3 Å². The minimum atomic E-state index is -0.373. The van der Waals surface area contributed by atoms with Gasteiger partial charge in [0.25, 0.3) is 5.91 Å². The highest BCUT2D eigenvalue weighted by Gasteiger charge is 2.24. The molecule has 0 atom stereocenters. The number of aldehydes is 1. The maximum atomic E-state index is 13.6. The number of halogens is 1. The predicted octanol–water partition coefficient (Wildman–Crippen LogP) is 6.32. The third kappa shape index (κ3) is 5.60. The monoisotopic (exact) mass is 592 g/mol. The van der Waals surface area contributed by atoms with Gasteiger partial charge in [-0.3, -0.25) is 9.59 Å². The molecule has 0 aliphatic rings. The minimum absolute atomic E-state index is 0.309. The molecule has 0 unspecified atom stereocenters. The van der Waals surface area contributed by atoms with Gasteiger partial charge in [0.1, 0.15) is 36.4 Å². The van der Waals surface area contributed by atoms with Gasteiger partial charge in [0, 0.05) is 66.6 Å². The molecule has 2 N–H and O–H groups in total. The summed E-state index contributed by atoms with van der Waals surface area (Å²) in [6.07, 6.45) is 2.53. The van der Waals surface area contributed by atoms with E-state index in [0.29, 0.717) is 44.8 Å². The molecule has 0 radical (unpaired) electrons. The lowest BCUT2D eigenvalue weighted by Gasteiger charge is -2.18. The van der Waals surface area contributed by atoms with Gasteiger partial charge in [0.2, 0.25) is 0 Å². The van der Waals surface area contributed by atoms with Gasteiger partial charge in [-0.2, -0.15) is 0 Å². The second kappa shape index (κ2) is 13.4. The second-order valence-electron chi connectivity index (χ2n) is 9.66. The van der Waals surface area contributed by atoms with Crippen molar-refractivity contribution in [3.8, 4) is 33.7 Å². The average molecular weight is 593 g/mol. The van der Waals surface area contributed by atoms with Crippen LogP contribution in [0.3, 0.4) is 0 Å². The van der Waals surface area contributed by atoms with E-state index in [9.17, 15) is 14.0 Å². The summed E-state index contributed by atoms with van der Waals surface area (Å²) in [5.41, 5.74) is 6.84. The number of nitrogens with one attached hydrogen (secondary N) is 2. The van der Waals surface area contributed by atoms with Crippen molar-refractivity contribution in [1.82, 2.24) is 15.3 Å². The van der Waals surface area contributed by atoms with E-state index in [0.717, 1.165) is 34.1 Å². The molecular weight excluding hydrogens is 563 g/mol. The van der Waals surface area contributed by atoms with Gasteiger partial charge in [-0.05, 0) is 59.7 Å². The molecule has 3 aromatic heterocycles. The quantitative estimate of drug-likeness (QED) is 0.217. The third-order valence-electron chi connectivity index (χ3n) is 7.04. The van der Waals surface area contributed by atoms with Crippen molar-refractivity contribution in [3.05, 3.63) is 95.9 Å². The van der Waals surface area contributed by atoms with Crippen LogP contribution in [0, 0.1) is 5.82 Å². The summed E-state index contributed by atoms with van der Waals surface area (Å²) in [5.74, 6) is -0.315. The first-order chi connectivity index (χ1) is 21.4. The lowest BCUT2D eigenvalue weighted by atomic mass is 9.96. The van der Waals surface area contributed by atoms with E-state index in [-0.39, 0.29) is 11.7 Å². The van der Waals surface area contributed by atoms with Crippen LogP contribution in [0.5, 0.6) is 0 Å². The number of fused-ring (bicyclic) bond motifs is 2. The first-order valence-corrected chi connectivity index (χ1v) is 13.3. The van der Waals surface area contributed by atoms with Crippen molar-refractivity contribution in [2.75, 3.05) is 26.0 Å². The number of hydrogen-bond acceptors (Lipinski definition) is 7. The molecule has 10 heteroatoms. The minimum Gasteiger partial charge on any atom is -0.455 e. The third-order valence-corrected chi connectivity index (χ3v) is 7.04. The normalized spacial score (nSPS) is 10.4. The molecule has 0 aliphatic heterocycles. The standard InChI is InChI=1S/C32H25FN4O3.2CH2O/c1-34-32(39)28-24-15-23(26(37(2)3)16-27(24)40-30(28)18-9-11-21(33)12-10-18)19-6-4-7-20(14-19)29-25(17-38)22-8-5-13-35-31(22)36-29;2*1-2/h4-17H,1-3H3,(H,34,39)(H,35,36);2*1H2. The zero-order valence-electron chi connectivity index (χ0n) is 24.3. The van der Waals surface area contributed by atoms with E-state index < -0.39 is 0 Å². The van der Waals surface area contributed by atoms with Crippen molar-refractivity contribution >= 4 is 53.5 Å². The average Bonchev–Trinajstić information content (AvgIpc) is 3.64. The molecule has 6 aromatic rings. The molecule has 222 valence electrons. The van der Waals surface area contributed by atoms with Crippen molar-refractivity contribution in [1.29, 1.82) is 0 Å². The lowest BCUT2D eigenvalue weighted by Crippen LogP contribution is -2.18. The first-order valence-electron chi connectivity index (χ1n) is 13.3. The number of benzene rings is 3. The van der Waals surface area contributed by atoms with Crippen LogP contribution in [0.2, 0.25) is 0 Å². The molecule has 0 saturated carbocycles. The van der Waals surface area contributed by atoms with Gasteiger partial charge < -0.3 is 29.2 Å². The van der Waals surface area contributed by atoms with Crippen LogP contribution < -0.4 is 10.2 Å². The fraction of sp³-hybridized carbons (Fsp3) is 0.0882. The highest BCUT2D eigenvalue weighted by Crippen LogP contribution is 2.41. The van der Waals surface area contributed by atoms with Crippen molar-refractivity contribution in [2.24, 2.45) is 0 Å². The van der Waals surface area contributed by atoms with Gasteiger partial charge in [-0.15, -0.1) is 0 Å². The number of H-pyrrole nitrogens is 1. The summed E-state index contributed by atoms with van der Waals surface area (Å²) in [5, 5.41) is 4.10. The number of nitrogens with zero attached hydrogens (tertiary/aromatic N) is 2. The SMILES string of the molecule is C=O.C=O.CNC(=O)c1c(-c2ccc(F)cc2)oc2cc(N(C)C)c(-c3cccc(-c4[nH]c5ncccc5c4C=O)c3)cc12. The zero-order chi connectivity index (χ0) is 32.0. The van der Waals surface area contributed by atoms with E-state index in [4.69, 9.17) is 14.0 Å². The topological polar surface area (TPSA) is 125 Å². The molecular formula is C34H29FN4O5. The van der Waals surface area contributed by atoms with E-state index >= 15 is 0 Å². The van der Waals surface area contributed by atoms with Gasteiger partial charge >= 0.3 is 0 Å². The Labute approximate surface area is 252 Å². The summed E-state index contributed by atoms with van der Waals surface area (Å²) in [6.45, 7) is 4.00. The Kier molecular flexibility index (Phi) is 9.44. The van der Waals surface area contributed by atoms with Crippen LogP contribution in [-0.4, -0.2) is 56.9 Å². The molecule has 44 heavy (non-hydrogen) atoms. The summed E-state index contributed by atoms with van der Waals surface area (Å²) in [6, 6.07) is 21.2. The Bertz CT molecular complexity index is 1960. The lowest BCUT2D eigenvalue weighted by molar-refractivity contribution is -0.0987. The highest BCUT2D eigenvalue weighted by molar-refractivity contribution is 6.13. The first kappa shape index (κ1) is 31.0. The fourth-order valence-electron chi connectivity index (χ4n) is 5.12. The Morgan fingerprint density at radius 3 is 2.30 bits per heavy atom. The van der Waals surface area contributed by atoms with E-state index in [2.05, 4.69) is 15.3 Å². The molecule has 0 saturated heterocycles. The van der Waals surface area contributed by atoms with Crippen LogP contribution in [-0.2, 0) is 9.59 Å². The smallest absolute Gasteiger partial charge is 0.255 e. The molecule has 0 fully saturated rings. The summed E-state index contributed by atoms with van der Waals surface area (Å²) in [7, 11) is 5.44. The number of aromatic nitrogens is 2. The Morgan fingerprint density at radius 1 is 0.932 bits per heavy atom. The molecule has 1 amide bonds. The number of hydrogen-bond donors (Lipinski definition) is 2. The molecule has 3 heterocycles. The Morgan fingerprint density at radius 2 is 1.64 bits per heavy atom. The summed E-state index contributed by atoms with van der Waals surface area (Å²) in [4.78, 5) is 50.8. The number of amides is 1. The number of pyridine rings is 1. The van der Waals surface area contributed by atoms with Gasteiger partial charge in [0.15, 0.2) is 6.29 Å². The molecule has 6 rings (SSSR count). The van der Waals surface area contributed by atoms with Crippen molar-refractivity contribution in [3.63, 3.8) is 0 Å². The molecule has 0 spiro atoms. The number of furan rings is 1. The number of rotatable bonds is 6. The molecule has 3 aromatic carbocycles. The fourth-order valence-corrected chi connectivity index (χ4v) is 5.12. The number of aromatic amines is 1. The molecule has 0 bridgehead atoms. The number of carbonyl (C=O) groups is 4. The van der Waals surface area contributed by atoms with Crippen LogP contribution in [0.15, 0.2) is 83.4 Å². The van der Waals surface area contributed by atoms with Gasteiger partial charge in [-0.25, -0.2) is 9.37 Å². The molecule has 0 aliphatic carbocycles. The Hall–Kier alpha value is -5.90. The van der Waals surface area contributed by atoms with Crippen LogP contribution >= 0.6 is 0 Å². The summed E-state index contributed by atoms with van der Waals surface area (Å²) >= 11 is 0. The predicted molar refractivity (Wildman–Crippen MR) is 169 cm³/mol. The number of anilines is 1. The maximum Gasteiger partial charge on any atom is 0.255 e. The maximum absolute atomic E-state index is 13.6. The van der Waals surface area contributed by atoms with Gasteiger partial charge in [-0.1, -0.05) is 18.2 Å². The van der Waals surface area contributed by atoms with E-state index in [1.165, 1.54) is 12.1 Å². The van der Waals surface area contributed by atoms with Crippen molar-refractivity contribution in [2.45, 2.75) is 0 Å². The zero-order valence-corrected chi connectivity index (χ0v) is 24.3. The summed E-state index contributed by atoms with van der Waals surface area (Å²) < 4.78 is 19.9. The number of carbonyl (C=O) groups excluding carboxylic acids is 4.